The number of benzene rings is 1. The average molecular weight is 249 g/mol. The zero-order valence-corrected chi connectivity index (χ0v) is 11.5. The summed E-state index contributed by atoms with van der Waals surface area (Å²) in [4.78, 5) is 11.8. The summed E-state index contributed by atoms with van der Waals surface area (Å²) in [6.45, 7) is 4.47. The first-order valence-corrected chi connectivity index (χ1v) is 7.36. The summed E-state index contributed by atoms with van der Waals surface area (Å²) in [5.74, 6) is 0.799. The lowest BCUT2D eigenvalue weighted by molar-refractivity contribution is -0.117. The van der Waals surface area contributed by atoms with E-state index in [4.69, 9.17) is 0 Å². The first-order chi connectivity index (χ1) is 8.19. The Morgan fingerprint density at radius 1 is 1.41 bits per heavy atom. The molecule has 17 heavy (non-hydrogen) atoms. The Kier molecular flexibility index (Phi) is 3.77. The van der Waals surface area contributed by atoms with Crippen molar-refractivity contribution in [3.05, 3.63) is 29.3 Å². The second kappa shape index (κ2) is 5.13. The molecule has 1 heterocycles. The van der Waals surface area contributed by atoms with Crippen LogP contribution in [0, 0.1) is 0 Å². The molecule has 0 radical (unpaired) electrons. The molecule has 1 aromatic rings. The molecule has 1 aliphatic heterocycles. The Labute approximate surface area is 108 Å². The van der Waals surface area contributed by atoms with Gasteiger partial charge in [0.05, 0.1) is 5.69 Å². The minimum absolute atomic E-state index is 0.228. The number of hydrogen-bond acceptors (Lipinski definition) is 2. The van der Waals surface area contributed by atoms with E-state index in [0.29, 0.717) is 12.3 Å². The fourth-order valence-electron chi connectivity index (χ4n) is 2.40. The standard InChI is InChI=1S/C14H19NOS/c1-4-10(2)11-6-5-7-13-12(11)8-9-14(16)15(13)17-3/h5-7,10H,4,8-9H2,1-3H3. The van der Waals surface area contributed by atoms with Crippen LogP contribution >= 0.6 is 11.9 Å². The Morgan fingerprint density at radius 2 is 2.18 bits per heavy atom. The van der Waals surface area contributed by atoms with Gasteiger partial charge in [-0.25, -0.2) is 0 Å². The number of fused-ring (bicyclic) bond motifs is 1. The van der Waals surface area contributed by atoms with E-state index in [9.17, 15) is 4.79 Å². The number of carbonyl (C=O) groups excluding carboxylic acids is 1. The normalized spacial score (nSPS) is 16.9. The molecular weight excluding hydrogens is 230 g/mol. The van der Waals surface area contributed by atoms with Crippen molar-refractivity contribution in [1.82, 2.24) is 0 Å². The molecule has 1 aromatic carbocycles. The summed E-state index contributed by atoms with van der Waals surface area (Å²) >= 11 is 1.51. The summed E-state index contributed by atoms with van der Waals surface area (Å²) in [6, 6.07) is 6.35. The third kappa shape index (κ3) is 2.21. The van der Waals surface area contributed by atoms with Crippen molar-refractivity contribution in [3.8, 4) is 0 Å². The van der Waals surface area contributed by atoms with Gasteiger partial charge in [-0.3, -0.25) is 9.10 Å². The average Bonchev–Trinajstić information content (AvgIpc) is 2.37. The smallest absolute Gasteiger partial charge is 0.237 e. The Balaban J connectivity index is 2.48. The summed E-state index contributed by atoms with van der Waals surface area (Å²) in [7, 11) is 0. The van der Waals surface area contributed by atoms with Gasteiger partial charge < -0.3 is 0 Å². The molecule has 92 valence electrons. The summed E-state index contributed by atoms with van der Waals surface area (Å²) in [6.07, 6.45) is 4.64. The Bertz CT molecular complexity index is 430. The predicted octanol–water partition coefficient (Wildman–Crippen LogP) is 3.76. The van der Waals surface area contributed by atoms with E-state index in [0.717, 1.165) is 18.5 Å². The first-order valence-electron chi connectivity index (χ1n) is 6.17. The van der Waals surface area contributed by atoms with Crippen molar-refractivity contribution in [2.45, 2.75) is 39.0 Å². The van der Waals surface area contributed by atoms with Gasteiger partial charge in [-0.2, -0.15) is 0 Å². The van der Waals surface area contributed by atoms with Crippen molar-refractivity contribution in [2.75, 3.05) is 10.6 Å². The quantitative estimate of drug-likeness (QED) is 0.760. The number of amides is 1. The highest BCUT2D eigenvalue weighted by atomic mass is 32.2. The van der Waals surface area contributed by atoms with Gasteiger partial charge in [0, 0.05) is 12.7 Å². The second-order valence-electron chi connectivity index (χ2n) is 4.52. The Hall–Kier alpha value is -0.960. The molecule has 0 saturated carbocycles. The molecule has 1 atom stereocenters. The number of hydrogen-bond donors (Lipinski definition) is 0. The van der Waals surface area contributed by atoms with E-state index in [-0.39, 0.29) is 5.91 Å². The topological polar surface area (TPSA) is 20.3 Å². The molecule has 1 aliphatic rings. The van der Waals surface area contributed by atoms with Gasteiger partial charge >= 0.3 is 0 Å². The number of anilines is 1. The molecule has 0 aliphatic carbocycles. The number of rotatable bonds is 3. The van der Waals surface area contributed by atoms with Crippen molar-refractivity contribution in [3.63, 3.8) is 0 Å². The minimum Gasteiger partial charge on any atom is -0.274 e. The molecule has 2 nitrogen and oxygen atoms in total. The highest BCUT2D eigenvalue weighted by Crippen LogP contribution is 2.37. The lowest BCUT2D eigenvalue weighted by atomic mass is 9.89. The molecule has 2 rings (SSSR count). The van der Waals surface area contributed by atoms with Crippen LogP contribution in [0.4, 0.5) is 5.69 Å². The van der Waals surface area contributed by atoms with Gasteiger partial charge in [0.25, 0.3) is 0 Å². The van der Waals surface area contributed by atoms with Gasteiger partial charge in [0.1, 0.15) is 0 Å². The molecule has 0 fully saturated rings. The van der Waals surface area contributed by atoms with Crippen molar-refractivity contribution in [1.29, 1.82) is 0 Å². The molecule has 0 bridgehead atoms. The van der Waals surface area contributed by atoms with E-state index in [2.05, 4.69) is 32.0 Å². The van der Waals surface area contributed by atoms with Crippen LogP contribution in [0.25, 0.3) is 0 Å². The highest BCUT2D eigenvalue weighted by Gasteiger charge is 2.26. The van der Waals surface area contributed by atoms with Gasteiger partial charge in [-0.1, -0.05) is 26.0 Å². The van der Waals surface area contributed by atoms with Crippen LogP contribution in [0.2, 0.25) is 0 Å². The largest absolute Gasteiger partial charge is 0.274 e. The maximum absolute atomic E-state index is 11.8. The summed E-state index contributed by atoms with van der Waals surface area (Å²) in [5, 5.41) is 0. The summed E-state index contributed by atoms with van der Waals surface area (Å²) < 4.78 is 1.84. The fourth-order valence-corrected chi connectivity index (χ4v) is 3.07. The van der Waals surface area contributed by atoms with Crippen LogP contribution in [0.5, 0.6) is 0 Å². The zero-order chi connectivity index (χ0) is 12.4. The van der Waals surface area contributed by atoms with E-state index in [1.54, 1.807) is 0 Å². The SMILES string of the molecule is CCC(C)c1cccc2c1CCC(=O)N2SC. The van der Waals surface area contributed by atoms with Gasteiger partial charge in [0.2, 0.25) is 5.91 Å². The van der Waals surface area contributed by atoms with Crippen LogP contribution in [0.3, 0.4) is 0 Å². The van der Waals surface area contributed by atoms with Crippen LogP contribution in [-0.2, 0) is 11.2 Å². The zero-order valence-electron chi connectivity index (χ0n) is 10.7. The third-order valence-corrected chi connectivity index (χ3v) is 4.31. The molecule has 3 heteroatoms. The van der Waals surface area contributed by atoms with Crippen molar-refractivity contribution >= 4 is 23.5 Å². The number of nitrogens with zero attached hydrogens (tertiary/aromatic N) is 1. The van der Waals surface area contributed by atoms with Gasteiger partial charge in [-0.05, 0) is 47.9 Å². The van der Waals surface area contributed by atoms with E-state index >= 15 is 0 Å². The molecule has 0 N–H and O–H groups in total. The molecule has 0 aromatic heterocycles. The first kappa shape index (κ1) is 12.5. The molecule has 0 spiro atoms. The monoisotopic (exact) mass is 249 g/mol. The maximum Gasteiger partial charge on any atom is 0.237 e. The minimum atomic E-state index is 0.228. The third-order valence-electron chi connectivity index (χ3n) is 3.55. The fraction of sp³-hybridized carbons (Fsp3) is 0.500. The Morgan fingerprint density at radius 3 is 2.82 bits per heavy atom. The maximum atomic E-state index is 11.8. The number of carbonyl (C=O) groups is 1. The predicted molar refractivity (Wildman–Crippen MR) is 74.5 cm³/mol. The van der Waals surface area contributed by atoms with Crippen LogP contribution in [0.15, 0.2) is 18.2 Å². The van der Waals surface area contributed by atoms with Crippen LogP contribution in [-0.4, -0.2) is 12.2 Å². The van der Waals surface area contributed by atoms with Crippen molar-refractivity contribution in [2.24, 2.45) is 0 Å². The van der Waals surface area contributed by atoms with Crippen LogP contribution in [0.1, 0.15) is 43.7 Å². The van der Waals surface area contributed by atoms with Crippen LogP contribution < -0.4 is 4.31 Å². The second-order valence-corrected chi connectivity index (χ2v) is 5.26. The lowest BCUT2D eigenvalue weighted by Crippen LogP contribution is -2.29. The van der Waals surface area contributed by atoms with Gasteiger partial charge in [-0.15, -0.1) is 0 Å². The summed E-state index contributed by atoms with van der Waals surface area (Å²) in [5.41, 5.74) is 3.89. The van der Waals surface area contributed by atoms with E-state index in [1.165, 1.54) is 23.1 Å². The molecule has 0 saturated heterocycles. The van der Waals surface area contributed by atoms with E-state index < -0.39 is 0 Å². The molecule has 1 amide bonds. The molecule has 1 unspecified atom stereocenters. The van der Waals surface area contributed by atoms with Crippen molar-refractivity contribution < 1.29 is 4.79 Å². The lowest BCUT2D eigenvalue weighted by Gasteiger charge is -2.29. The molecular formula is C14H19NOS. The highest BCUT2D eigenvalue weighted by molar-refractivity contribution is 8.00. The van der Waals surface area contributed by atoms with E-state index in [1.807, 2.05) is 10.6 Å². The van der Waals surface area contributed by atoms with Gasteiger partial charge in [0.15, 0.2) is 0 Å².